The maximum Gasteiger partial charge on any atom is 0.117 e. The molecule has 2 aromatic rings. The van der Waals surface area contributed by atoms with Crippen molar-refractivity contribution < 1.29 is 10.4 Å². The quantitative estimate of drug-likeness (QED) is 0.812. The van der Waals surface area contributed by atoms with E-state index in [9.17, 15) is 5.11 Å². The van der Waals surface area contributed by atoms with Crippen LogP contribution >= 0.6 is 0 Å². The highest BCUT2D eigenvalue weighted by Crippen LogP contribution is 2.44. The maximum atomic E-state index is 11.7. The fraction of sp³-hybridized carbons (Fsp3) is 0.520. The van der Waals surface area contributed by atoms with Gasteiger partial charge in [-0.25, -0.2) is 0 Å². The Morgan fingerprint density at radius 3 is 1.38 bits per heavy atom. The van der Waals surface area contributed by atoms with Crippen LogP contribution in [0.1, 0.15) is 50.4 Å². The number of piperidine rings is 1. The molecule has 1 fully saturated rings. The highest BCUT2D eigenvalue weighted by Gasteiger charge is 2.53. The Kier molecular flexibility index (Phi) is 6.25. The monoisotopic (exact) mass is 396 g/mol. The SMILES string of the molecule is CCC1(O)[C@H](C)[C@@H](c2ccc(N(C)C)cc2)[NH2+][C@H](c2ccc(N(C)C)cc2)[C@@H]1C. The molecule has 0 radical (unpaired) electrons. The van der Waals surface area contributed by atoms with Crippen LogP contribution in [0.25, 0.3) is 0 Å². The summed E-state index contributed by atoms with van der Waals surface area (Å²) in [5, 5.41) is 14.2. The summed E-state index contributed by atoms with van der Waals surface area (Å²) in [6, 6.07) is 18.1. The molecule has 0 aliphatic carbocycles. The molecule has 0 amide bonds. The van der Waals surface area contributed by atoms with Crippen molar-refractivity contribution in [2.45, 2.75) is 44.9 Å². The van der Waals surface area contributed by atoms with Crippen molar-refractivity contribution in [1.82, 2.24) is 0 Å². The standard InChI is InChI=1S/C25H37N3O/c1-8-25(29)17(2)23(19-9-13-21(14-10-19)27(4)5)26-24(18(25)3)20-11-15-22(16-12-20)28(6)7/h9-18,23-24,26,29H,8H2,1-7H3/p+1/t17-,18+,23-,24-,25?/m0/s1. The van der Waals surface area contributed by atoms with Gasteiger partial charge in [0.15, 0.2) is 0 Å². The lowest BCUT2D eigenvalue weighted by Gasteiger charge is -2.49. The van der Waals surface area contributed by atoms with Gasteiger partial charge in [-0.15, -0.1) is 0 Å². The van der Waals surface area contributed by atoms with Crippen molar-refractivity contribution in [3.8, 4) is 0 Å². The van der Waals surface area contributed by atoms with Gasteiger partial charge in [-0.05, 0) is 30.7 Å². The summed E-state index contributed by atoms with van der Waals surface area (Å²) >= 11 is 0. The van der Waals surface area contributed by atoms with E-state index in [4.69, 9.17) is 0 Å². The Hall–Kier alpha value is -2.04. The molecule has 1 heterocycles. The van der Waals surface area contributed by atoms with E-state index in [-0.39, 0.29) is 23.9 Å². The lowest BCUT2D eigenvalue weighted by molar-refractivity contribution is -0.764. The van der Waals surface area contributed by atoms with Gasteiger partial charge in [0.1, 0.15) is 12.1 Å². The third-order valence-electron chi connectivity index (χ3n) is 7.22. The van der Waals surface area contributed by atoms with Crippen molar-refractivity contribution in [1.29, 1.82) is 0 Å². The van der Waals surface area contributed by atoms with E-state index in [2.05, 4.69) is 113 Å². The second-order valence-corrected chi connectivity index (χ2v) is 9.14. The Bertz CT molecular complexity index is 734. The minimum absolute atomic E-state index is 0.171. The Morgan fingerprint density at radius 1 is 0.759 bits per heavy atom. The molecule has 0 bridgehead atoms. The highest BCUT2D eigenvalue weighted by molar-refractivity contribution is 5.47. The lowest BCUT2D eigenvalue weighted by Crippen LogP contribution is -2.93. The fourth-order valence-corrected chi connectivity index (χ4v) is 5.03. The van der Waals surface area contributed by atoms with Crippen LogP contribution in [0.5, 0.6) is 0 Å². The van der Waals surface area contributed by atoms with Crippen LogP contribution in [0, 0.1) is 11.8 Å². The van der Waals surface area contributed by atoms with Gasteiger partial charge >= 0.3 is 0 Å². The van der Waals surface area contributed by atoms with E-state index in [1.54, 1.807) is 0 Å². The summed E-state index contributed by atoms with van der Waals surface area (Å²) in [6.45, 7) is 6.55. The number of hydrogen-bond acceptors (Lipinski definition) is 3. The average molecular weight is 397 g/mol. The van der Waals surface area contributed by atoms with Crippen molar-refractivity contribution in [2.24, 2.45) is 11.8 Å². The normalized spacial score (nSPS) is 29.5. The van der Waals surface area contributed by atoms with Crippen LogP contribution in [-0.2, 0) is 0 Å². The van der Waals surface area contributed by atoms with Crippen LogP contribution in [0.3, 0.4) is 0 Å². The van der Waals surface area contributed by atoms with Crippen LogP contribution in [-0.4, -0.2) is 38.9 Å². The van der Waals surface area contributed by atoms with Crippen LogP contribution in [0.4, 0.5) is 11.4 Å². The zero-order valence-electron chi connectivity index (χ0n) is 19.1. The second-order valence-electron chi connectivity index (χ2n) is 9.14. The van der Waals surface area contributed by atoms with Gasteiger partial charge in [0, 0.05) is 62.5 Å². The predicted octanol–water partition coefficient (Wildman–Crippen LogP) is 3.59. The summed E-state index contributed by atoms with van der Waals surface area (Å²) < 4.78 is 0. The number of nitrogens with two attached hydrogens (primary N) is 1. The first-order valence-electron chi connectivity index (χ1n) is 10.8. The van der Waals surface area contributed by atoms with Crippen molar-refractivity contribution in [3.05, 3.63) is 59.7 Å². The molecule has 3 rings (SSSR count). The van der Waals surface area contributed by atoms with Crippen molar-refractivity contribution in [3.63, 3.8) is 0 Å². The maximum absolute atomic E-state index is 11.7. The van der Waals surface area contributed by atoms with Gasteiger partial charge in [-0.1, -0.05) is 45.0 Å². The van der Waals surface area contributed by atoms with Crippen molar-refractivity contribution >= 4 is 11.4 Å². The third kappa shape index (κ3) is 4.01. The van der Waals surface area contributed by atoms with Crippen LogP contribution in [0.15, 0.2) is 48.5 Å². The van der Waals surface area contributed by atoms with Crippen LogP contribution < -0.4 is 15.1 Å². The van der Waals surface area contributed by atoms with Gasteiger partial charge in [0.05, 0.1) is 5.60 Å². The first kappa shape index (κ1) is 21.7. The zero-order chi connectivity index (χ0) is 21.3. The van der Waals surface area contributed by atoms with E-state index < -0.39 is 5.60 Å². The van der Waals surface area contributed by atoms with Crippen LogP contribution in [0.2, 0.25) is 0 Å². The average Bonchev–Trinajstić information content (AvgIpc) is 2.72. The topological polar surface area (TPSA) is 43.3 Å². The number of aliphatic hydroxyl groups is 1. The zero-order valence-corrected chi connectivity index (χ0v) is 19.1. The summed E-state index contributed by atoms with van der Waals surface area (Å²) in [4.78, 5) is 4.24. The van der Waals surface area contributed by atoms with Gasteiger partial charge in [-0.3, -0.25) is 0 Å². The lowest BCUT2D eigenvalue weighted by atomic mass is 9.65. The first-order valence-corrected chi connectivity index (χ1v) is 10.8. The number of benzene rings is 2. The minimum Gasteiger partial charge on any atom is -0.389 e. The molecule has 4 nitrogen and oxygen atoms in total. The highest BCUT2D eigenvalue weighted by atomic mass is 16.3. The molecule has 1 saturated heterocycles. The number of anilines is 2. The second kappa shape index (κ2) is 8.37. The van der Waals surface area contributed by atoms with Gasteiger partial charge in [0.25, 0.3) is 0 Å². The van der Waals surface area contributed by atoms with E-state index in [1.807, 2.05) is 0 Å². The molecule has 2 aromatic carbocycles. The molecule has 5 atom stereocenters. The summed E-state index contributed by atoms with van der Waals surface area (Å²) in [5.41, 5.74) is 4.29. The summed E-state index contributed by atoms with van der Waals surface area (Å²) in [5.74, 6) is 0.343. The molecule has 3 N–H and O–H groups in total. The number of hydrogen-bond donors (Lipinski definition) is 2. The Balaban J connectivity index is 1.97. The Morgan fingerprint density at radius 2 is 1.10 bits per heavy atom. The number of nitrogens with zero attached hydrogens (tertiary/aromatic N) is 2. The predicted molar refractivity (Wildman–Crippen MR) is 123 cm³/mol. The third-order valence-corrected chi connectivity index (χ3v) is 7.22. The molecule has 0 aromatic heterocycles. The van der Waals surface area contributed by atoms with E-state index in [0.717, 1.165) is 6.42 Å². The largest absolute Gasteiger partial charge is 0.389 e. The summed E-state index contributed by atoms with van der Waals surface area (Å²) in [7, 11) is 8.26. The molecular weight excluding hydrogens is 358 g/mol. The number of quaternary nitrogens is 1. The van der Waals surface area contributed by atoms with Gasteiger partial charge in [0.2, 0.25) is 0 Å². The molecule has 1 aliphatic heterocycles. The number of rotatable bonds is 5. The summed E-state index contributed by atoms with van der Waals surface area (Å²) in [6.07, 6.45) is 0.766. The molecule has 4 heteroatoms. The Labute approximate surface area is 176 Å². The molecule has 158 valence electrons. The van der Waals surface area contributed by atoms with E-state index in [0.29, 0.717) is 0 Å². The minimum atomic E-state index is -0.690. The smallest absolute Gasteiger partial charge is 0.117 e. The fourth-order valence-electron chi connectivity index (χ4n) is 5.03. The molecular formula is C25H38N3O+. The molecule has 0 saturated carbocycles. The molecule has 1 unspecified atom stereocenters. The molecule has 0 spiro atoms. The van der Waals surface area contributed by atoms with Gasteiger partial charge in [-0.2, -0.15) is 0 Å². The van der Waals surface area contributed by atoms with E-state index >= 15 is 0 Å². The molecule has 29 heavy (non-hydrogen) atoms. The first-order chi connectivity index (χ1) is 13.7. The van der Waals surface area contributed by atoms with Gasteiger partial charge < -0.3 is 20.2 Å². The molecule has 1 aliphatic rings. The van der Waals surface area contributed by atoms with E-state index in [1.165, 1.54) is 22.5 Å². The van der Waals surface area contributed by atoms with Crippen molar-refractivity contribution in [2.75, 3.05) is 38.0 Å².